The molecule has 0 bridgehead atoms. The summed E-state index contributed by atoms with van der Waals surface area (Å²) in [6.45, 7) is 2.23. The second-order valence-corrected chi connectivity index (χ2v) is 10.4. The number of phenolic OH excluding ortho intramolecular Hbond substituents is 4. The van der Waals surface area contributed by atoms with Crippen LogP contribution in [-0.4, -0.2) is 26.4 Å². The highest BCUT2D eigenvalue weighted by Crippen LogP contribution is 2.40. The summed E-state index contributed by atoms with van der Waals surface area (Å²) in [6, 6.07) is 5.74. The lowest BCUT2D eigenvalue weighted by Crippen LogP contribution is -2.16. The molecule has 0 amide bonds. The van der Waals surface area contributed by atoms with Crippen LogP contribution in [0.25, 0.3) is 22.3 Å². The van der Waals surface area contributed by atoms with Crippen molar-refractivity contribution >= 4 is 16.9 Å². The number of allylic oxidation sites excluding steroid dienone is 2. The van der Waals surface area contributed by atoms with Crippen LogP contribution in [-0.2, 0) is 4.79 Å². The molecule has 1 heterocycles. The van der Waals surface area contributed by atoms with Gasteiger partial charge in [0, 0.05) is 24.6 Å². The lowest BCUT2D eigenvalue weighted by molar-refractivity contribution is -0.134. The Morgan fingerprint density at radius 2 is 1.39 bits per heavy atom. The number of esters is 1. The monoisotopic (exact) mass is 566 g/mol. The number of ether oxygens (including phenoxy) is 1. The number of hydrogen-bond acceptors (Lipinski definition) is 8. The van der Waals surface area contributed by atoms with E-state index in [1.165, 1.54) is 50.7 Å². The van der Waals surface area contributed by atoms with E-state index in [2.05, 4.69) is 19.1 Å². The van der Waals surface area contributed by atoms with Crippen LogP contribution in [0.5, 0.6) is 28.7 Å². The van der Waals surface area contributed by atoms with E-state index in [1.54, 1.807) is 0 Å². The summed E-state index contributed by atoms with van der Waals surface area (Å²) in [5.41, 5.74) is -0.996. The van der Waals surface area contributed by atoms with Crippen LogP contribution in [0, 0.1) is 0 Å². The Bertz CT molecular complexity index is 1370. The standard InChI is InChI=1S/C33H42O8/c1-2-3-4-5-6-7-8-9-10-11-12-13-14-15-16-17-29(38)41-33-31(39)30-27(37)21-24(35)22-28(30)40-32(33)25-19-18-23(34)20-26(25)36/h9-10,18-22,34-37H,2-8,11-17H2,1H3. The number of rotatable bonds is 17. The SMILES string of the molecule is CCCCCCCCC=CCCCCCCCC(=O)Oc1c(-c2ccc(O)cc2O)oc2cc(O)cc(O)c2c1=O. The highest BCUT2D eigenvalue weighted by molar-refractivity contribution is 5.90. The minimum atomic E-state index is -0.830. The number of carbonyl (C=O) groups is 1. The first kappa shape index (κ1) is 31.6. The first-order valence-electron chi connectivity index (χ1n) is 14.7. The third-order valence-corrected chi connectivity index (χ3v) is 7.00. The molecule has 0 aliphatic heterocycles. The van der Waals surface area contributed by atoms with Crippen LogP contribution in [0.3, 0.4) is 0 Å². The minimum absolute atomic E-state index is 0.00606. The zero-order chi connectivity index (χ0) is 29.6. The van der Waals surface area contributed by atoms with Crippen molar-refractivity contribution in [2.75, 3.05) is 0 Å². The lowest BCUT2D eigenvalue weighted by Gasteiger charge is -2.12. The number of fused-ring (bicyclic) bond motifs is 1. The molecule has 41 heavy (non-hydrogen) atoms. The molecule has 0 fully saturated rings. The van der Waals surface area contributed by atoms with Gasteiger partial charge in [-0.05, 0) is 44.2 Å². The maximum absolute atomic E-state index is 13.3. The fourth-order valence-electron chi connectivity index (χ4n) is 4.76. The molecule has 0 atom stereocenters. The molecule has 0 spiro atoms. The van der Waals surface area contributed by atoms with Gasteiger partial charge in [-0.15, -0.1) is 0 Å². The molecular formula is C33H42O8. The summed E-state index contributed by atoms with van der Waals surface area (Å²) in [5, 5.41) is 39.8. The Hall–Kier alpha value is -3.94. The normalized spacial score (nSPS) is 11.4. The number of unbranched alkanes of at least 4 members (excludes halogenated alkanes) is 11. The van der Waals surface area contributed by atoms with E-state index in [9.17, 15) is 30.0 Å². The highest BCUT2D eigenvalue weighted by atomic mass is 16.5. The molecule has 0 unspecified atom stereocenters. The summed E-state index contributed by atoms with van der Waals surface area (Å²) in [7, 11) is 0. The van der Waals surface area contributed by atoms with Gasteiger partial charge in [-0.1, -0.05) is 70.4 Å². The summed E-state index contributed by atoms with van der Waals surface area (Å²) in [4.78, 5) is 25.9. The largest absolute Gasteiger partial charge is 0.508 e. The molecule has 0 saturated carbocycles. The van der Waals surface area contributed by atoms with Crippen LogP contribution >= 0.6 is 0 Å². The van der Waals surface area contributed by atoms with Gasteiger partial charge in [-0.2, -0.15) is 0 Å². The molecule has 0 aliphatic rings. The first-order chi connectivity index (χ1) is 19.8. The summed E-state index contributed by atoms with van der Waals surface area (Å²) in [6.07, 6.45) is 19.3. The van der Waals surface area contributed by atoms with Crippen molar-refractivity contribution in [3.63, 3.8) is 0 Å². The van der Waals surface area contributed by atoms with E-state index in [1.807, 2.05) is 0 Å². The molecule has 8 nitrogen and oxygen atoms in total. The van der Waals surface area contributed by atoms with Crippen molar-refractivity contribution in [2.24, 2.45) is 0 Å². The van der Waals surface area contributed by atoms with E-state index in [0.29, 0.717) is 6.42 Å². The zero-order valence-electron chi connectivity index (χ0n) is 23.9. The second kappa shape index (κ2) is 16.4. The van der Waals surface area contributed by atoms with E-state index >= 15 is 0 Å². The van der Waals surface area contributed by atoms with Crippen molar-refractivity contribution < 1.29 is 34.4 Å². The highest BCUT2D eigenvalue weighted by Gasteiger charge is 2.24. The smallest absolute Gasteiger partial charge is 0.311 e. The minimum Gasteiger partial charge on any atom is -0.508 e. The number of phenols is 4. The van der Waals surface area contributed by atoms with Gasteiger partial charge in [0.2, 0.25) is 11.2 Å². The predicted octanol–water partition coefficient (Wildman–Crippen LogP) is 8.23. The van der Waals surface area contributed by atoms with E-state index in [-0.39, 0.29) is 40.2 Å². The quantitative estimate of drug-likeness (QED) is 0.0728. The fourth-order valence-corrected chi connectivity index (χ4v) is 4.76. The van der Waals surface area contributed by atoms with Crippen LogP contribution in [0.2, 0.25) is 0 Å². The Balaban J connectivity index is 1.51. The lowest BCUT2D eigenvalue weighted by atomic mass is 10.1. The molecule has 0 radical (unpaired) electrons. The third kappa shape index (κ3) is 9.59. The van der Waals surface area contributed by atoms with Gasteiger partial charge in [-0.3, -0.25) is 9.59 Å². The molecule has 8 heteroatoms. The van der Waals surface area contributed by atoms with Gasteiger partial charge in [0.1, 0.15) is 34.0 Å². The molecule has 2 aromatic carbocycles. The number of hydrogen-bond donors (Lipinski definition) is 4. The summed E-state index contributed by atoms with van der Waals surface area (Å²) in [5.74, 6) is -2.90. The Morgan fingerprint density at radius 1 is 0.780 bits per heavy atom. The maximum Gasteiger partial charge on any atom is 0.311 e. The van der Waals surface area contributed by atoms with E-state index in [0.717, 1.165) is 56.7 Å². The van der Waals surface area contributed by atoms with Gasteiger partial charge < -0.3 is 29.6 Å². The Labute approximate surface area is 240 Å². The van der Waals surface area contributed by atoms with Crippen molar-refractivity contribution in [3.8, 4) is 40.1 Å². The van der Waals surface area contributed by atoms with Crippen LogP contribution in [0.15, 0.2) is 51.7 Å². The fraction of sp³-hybridized carbons (Fsp3) is 0.455. The van der Waals surface area contributed by atoms with Crippen molar-refractivity contribution in [3.05, 3.63) is 52.7 Å². The molecule has 4 N–H and O–H groups in total. The van der Waals surface area contributed by atoms with Gasteiger partial charge in [0.25, 0.3) is 0 Å². The topological polar surface area (TPSA) is 137 Å². The summed E-state index contributed by atoms with van der Waals surface area (Å²) >= 11 is 0. The summed E-state index contributed by atoms with van der Waals surface area (Å²) < 4.78 is 11.2. The average molecular weight is 567 g/mol. The van der Waals surface area contributed by atoms with Crippen LogP contribution in [0.4, 0.5) is 0 Å². The molecule has 0 saturated heterocycles. The van der Waals surface area contributed by atoms with Crippen molar-refractivity contribution in [1.29, 1.82) is 0 Å². The Kier molecular flexibility index (Phi) is 12.6. The molecule has 3 aromatic rings. The Morgan fingerprint density at radius 3 is 2.05 bits per heavy atom. The van der Waals surface area contributed by atoms with E-state index < -0.39 is 28.6 Å². The molecule has 3 rings (SSSR count). The average Bonchev–Trinajstić information content (AvgIpc) is 2.92. The van der Waals surface area contributed by atoms with Crippen molar-refractivity contribution in [2.45, 2.75) is 96.8 Å². The molecule has 222 valence electrons. The maximum atomic E-state index is 13.3. The van der Waals surface area contributed by atoms with E-state index in [4.69, 9.17) is 9.15 Å². The van der Waals surface area contributed by atoms with Gasteiger partial charge in [-0.25, -0.2) is 0 Å². The zero-order valence-corrected chi connectivity index (χ0v) is 23.9. The van der Waals surface area contributed by atoms with Crippen LogP contribution in [0.1, 0.15) is 96.8 Å². The molecular weight excluding hydrogens is 524 g/mol. The number of carbonyl (C=O) groups excluding carboxylic acids is 1. The molecule has 1 aromatic heterocycles. The number of benzene rings is 2. The third-order valence-electron chi connectivity index (χ3n) is 7.00. The van der Waals surface area contributed by atoms with Gasteiger partial charge in [0.15, 0.2) is 5.76 Å². The predicted molar refractivity (Wildman–Crippen MR) is 160 cm³/mol. The van der Waals surface area contributed by atoms with Gasteiger partial charge >= 0.3 is 5.97 Å². The van der Waals surface area contributed by atoms with Gasteiger partial charge in [0.05, 0.1) is 5.56 Å². The first-order valence-corrected chi connectivity index (χ1v) is 14.7. The van der Waals surface area contributed by atoms with Crippen molar-refractivity contribution in [1.82, 2.24) is 0 Å². The molecule has 0 aliphatic carbocycles. The van der Waals surface area contributed by atoms with Crippen LogP contribution < -0.4 is 10.2 Å². The second-order valence-electron chi connectivity index (χ2n) is 10.4. The number of aromatic hydroxyl groups is 4.